The number of nitrogens with zero attached hydrogens (tertiary/aromatic N) is 3. The van der Waals surface area contributed by atoms with Gasteiger partial charge in [-0.25, -0.2) is 23.1 Å². The molecule has 1 saturated carbocycles. The van der Waals surface area contributed by atoms with Crippen molar-refractivity contribution in [2.45, 2.75) is 37.6 Å². The summed E-state index contributed by atoms with van der Waals surface area (Å²) in [7, 11) is 0. The summed E-state index contributed by atoms with van der Waals surface area (Å²) in [6.45, 7) is 0.828. The van der Waals surface area contributed by atoms with Gasteiger partial charge in [0.15, 0.2) is 0 Å². The Labute approximate surface area is 215 Å². The molecule has 2 N–H and O–H groups in total. The Morgan fingerprint density at radius 3 is 2.37 bits per heavy atom. The molecule has 3 aromatic rings. The third-order valence-electron chi connectivity index (χ3n) is 6.94. The predicted molar refractivity (Wildman–Crippen MR) is 132 cm³/mol. The van der Waals surface area contributed by atoms with E-state index >= 15 is 0 Å². The van der Waals surface area contributed by atoms with Crippen LogP contribution < -0.4 is 15.6 Å². The number of amides is 3. The van der Waals surface area contributed by atoms with Gasteiger partial charge in [-0.15, -0.1) is 5.10 Å². The Balaban J connectivity index is 1.22. The molecule has 0 spiro atoms. The minimum absolute atomic E-state index is 0.103. The SMILES string of the molecule is O=C(NC1CCC(F)(F)CC1)N1CCN(C(=O)c2cc(Oc3n[nH]c(=O)c4ccccc34)ccc2F)CC1. The molecule has 2 fully saturated rings. The Hall–Kier alpha value is -4.09. The molecule has 0 unspecified atom stereocenters. The van der Waals surface area contributed by atoms with Crippen molar-refractivity contribution in [1.29, 1.82) is 0 Å². The van der Waals surface area contributed by atoms with Gasteiger partial charge in [0.05, 0.1) is 16.3 Å². The number of hydrogen-bond acceptors (Lipinski definition) is 5. The number of H-pyrrole nitrogens is 1. The van der Waals surface area contributed by atoms with Gasteiger partial charge < -0.3 is 19.9 Å². The van der Waals surface area contributed by atoms with Crippen LogP contribution in [0.3, 0.4) is 0 Å². The molecule has 38 heavy (non-hydrogen) atoms. The van der Waals surface area contributed by atoms with Crippen molar-refractivity contribution in [1.82, 2.24) is 25.3 Å². The molecule has 1 saturated heterocycles. The number of fused-ring (bicyclic) bond motifs is 1. The van der Waals surface area contributed by atoms with Crippen LogP contribution in [0.1, 0.15) is 36.0 Å². The topological polar surface area (TPSA) is 108 Å². The van der Waals surface area contributed by atoms with Gasteiger partial charge in [0.25, 0.3) is 11.5 Å². The zero-order chi connectivity index (χ0) is 26.9. The van der Waals surface area contributed by atoms with Crippen LogP contribution in [-0.2, 0) is 0 Å². The highest BCUT2D eigenvalue weighted by Crippen LogP contribution is 2.33. The fraction of sp³-hybridized carbons (Fsp3) is 0.385. The number of benzene rings is 2. The van der Waals surface area contributed by atoms with Crippen LogP contribution in [0.4, 0.5) is 18.0 Å². The summed E-state index contributed by atoms with van der Waals surface area (Å²) in [5.74, 6) is -3.69. The number of carbonyl (C=O) groups is 2. The number of halogens is 3. The number of alkyl halides is 2. The lowest BCUT2D eigenvalue weighted by Gasteiger charge is -2.36. The number of ether oxygens (including phenoxy) is 1. The van der Waals surface area contributed by atoms with Crippen molar-refractivity contribution in [3.63, 3.8) is 0 Å². The molecule has 1 aromatic heterocycles. The smallest absolute Gasteiger partial charge is 0.317 e. The summed E-state index contributed by atoms with van der Waals surface area (Å²) in [6.07, 6.45) is -0.0510. The van der Waals surface area contributed by atoms with Gasteiger partial charge in [-0.3, -0.25) is 9.59 Å². The van der Waals surface area contributed by atoms with Crippen molar-refractivity contribution >= 4 is 22.7 Å². The molecule has 2 aromatic carbocycles. The van der Waals surface area contributed by atoms with E-state index in [0.29, 0.717) is 10.8 Å². The van der Waals surface area contributed by atoms with Crippen molar-refractivity contribution < 1.29 is 27.5 Å². The van der Waals surface area contributed by atoms with Gasteiger partial charge in [0.1, 0.15) is 11.6 Å². The first-order valence-corrected chi connectivity index (χ1v) is 12.4. The Morgan fingerprint density at radius 2 is 1.66 bits per heavy atom. The number of aromatic nitrogens is 2. The minimum atomic E-state index is -2.67. The van der Waals surface area contributed by atoms with Crippen LogP contribution in [0.15, 0.2) is 47.3 Å². The fourth-order valence-electron chi connectivity index (χ4n) is 4.74. The maximum atomic E-state index is 14.6. The molecule has 2 aliphatic rings. The quantitative estimate of drug-likeness (QED) is 0.533. The van der Waals surface area contributed by atoms with E-state index in [1.807, 2.05) is 0 Å². The van der Waals surface area contributed by atoms with E-state index in [0.717, 1.165) is 6.07 Å². The molecule has 12 heteroatoms. The van der Waals surface area contributed by atoms with Crippen LogP contribution in [0.25, 0.3) is 10.8 Å². The second kappa shape index (κ2) is 10.3. The molecule has 9 nitrogen and oxygen atoms in total. The molecule has 1 aliphatic heterocycles. The van der Waals surface area contributed by atoms with E-state index in [-0.39, 0.29) is 86.7 Å². The Kier molecular flexibility index (Phi) is 6.96. The lowest BCUT2D eigenvalue weighted by Crippen LogP contribution is -2.55. The lowest BCUT2D eigenvalue weighted by molar-refractivity contribution is -0.0398. The minimum Gasteiger partial charge on any atom is -0.437 e. The first-order chi connectivity index (χ1) is 18.2. The van der Waals surface area contributed by atoms with Crippen LogP contribution >= 0.6 is 0 Å². The summed E-state index contributed by atoms with van der Waals surface area (Å²) < 4.78 is 47.1. The molecule has 0 bridgehead atoms. The van der Waals surface area contributed by atoms with Gasteiger partial charge in [0, 0.05) is 45.1 Å². The van der Waals surface area contributed by atoms with Gasteiger partial charge in [-0.2, -0.15) is 0 Å². The number of hydrogen-bond donors (Lipinski definition) is 2. The standard InChI is InChI=1S/C26H26F3N5O4/c27-21-6-5-17(38-23-19-4-2-1-3-18(19)22(35)31-32-23)15-20(21)24(36)33-11-13-34(14-12-33)25(37)30-16-7-9-26(28,29)10-8-16/h1-6,15-16H,7-14H2,(H,30,37)(H,31,35). The molecule has 5 rings (SSSR count). The molecule has 3 amide bonds. The Morgan fingerprint density at radius 1 is 1.00 bits per heavy atom. The van der Waals surface area contributed by atoms with E-state index in [1.165, 1.54) is 21.9 Å². The van der Waals surface area contributed by atoms with E-state index in [4.69, 9.17) is 4.74 Å². The number of piperazine rings is 1. The summed E-state index contributed by atoms with van der Waals surface area (Å²) in [5.41, 5.74) is -0.576. The number of urea groups is 1. The van der Waals surface area contributed by atoms with Gasteiger partial charge >= 0.3 is 6.03 Å². The van der Waals surface area contributed by atoms with Crippen molar-refractivity contribution in [2.75, 3.05) is 26.2 Å². The monoisotopic (exact) mass is 529 g/mol. The zero-order valence-corrected chi connectivity index (χ0v) is 20.4. The van der Waals surface area contributed by atoms with Crippen molar-refractivity contribution in [3.8, 4) is 11.6 Å². The average molecular weight is 530 g/mol. The predicted octanol–water partition coefficient (Wildman–Crippen LogP) is 3.90. The third-order valence-corrected chi connectivity index (χ3v) is 6.94. The Bertz CT molecular complexity index is 1410. The molecule has 1 aliphatic carbocycles. The van der Waals surface area contributed by atoms with Crippen molar-refractivity contribution in [3.05, 3.63) is 64.2 Å². The second-order valence-electron chi connectivity index (χ2n) is 9.51. The van der Waals surface area contributed by atoms with Crippen LogP contribution in [0.2, 0.25) is 0 Å². The van der Waals surface area contributed by atoms with E-state index < -0.39 is 17.6 Å². The fourth-order valence-corrected chi connectivity index (χ4v) is 4.74. The van der Waals surface area contributed by atoms with Gasteiger partial charge in [-0.05, 0) is 43.2 Å². The van der Waals surface area contributed by atoms with Gasteiger partial charge in [0.2, 0.25) is 11.8 Å². The molecular weight excluding hydrogens is 503 g/mol. The first kappa shape index (κ1) is 25.6. The highest BCUT2D eigenvalue weighted by atomic mass is 19.3. The summed E-state index contributed by atoms with van der Waals surface area (Å²) in [5, 5.41) is 9.93. The maximum absolute atomic E-state index is 14.6. The lowest BCUT2D eigenvalue weighted by atomic mass is 9.92. The van der Waals surface area contributed by atoms with Gasteiger partial charge in [-0.1, -0.05) is 12.1 Å². The number of aromatic amines is 1. The zero-order valence-electron chi connectivity index (χ0n) is 20.4. The molecule has 0 atom stereocenters. The third kappa shape index (κ3) is 5.43. The highest BCUT2D eigenvalue weighted by molar-refractivity contribution is 5.95. The number of nitrogens with one attached hydrogen (secondary N) is 2. The number of rotatable bonds is 4. The van der Waals surface area contributed by atoms with E-state index in [2.05, 4.69) is 15.5 Å². The molecule has 2 heterocycles. The molecule has 200 valence electrons. The highest BCUT2D eigenvalue weighted by Gasteiger charge is 2.36. The van der Waals surface area contributed by atoms with Crippen molar-refractivity contribution in [2.24, 2.45) is 0 Å². The molecular formula is C26H26F3N5O4. The second-order valence-corrected chi connectivity index (χ2v) is 9.51. The summed E-state index contributed by atoms with van der Waals surface area (Å²) in [6, 6.07) is 9.82. The summed E-state index contributed by atoms with van der Waals surface area (Å²) in [4.78, 5) is 40.7. The normalized spacial score (nSPS) is 17.9. The van der Waals surface area contributed by atoms with Crippen LogP contribution in [0.5, 0.6) is 11.6 Å². The van der Waals surface area contributed by atoms with E-state index in [9.17, 15) is 27.6 Å². The number of carbonyl (C=O) groups excluding carboxylic acids is 2. The van der Waals surface area contributed by atoms with Crippen LogP contribution in [-0.4, -0.2) is 70.1 Å². The summed E-state index contributed by atoms with van der Waals surface area (Å²) >= 11 is 0. The largest absolute Gasteiger partial charge is 0.437 e. The average Bonchev–Trinajstić information content (AvgIpc) is 2.92. The van der Waals surface area contributed by atoms with Crippen LogP contribution in [0, 0.1) is 5.82 Å². The molecule has 0 radical (unpaired) electrons. The maximum Gasteiger partial charge on any atom is 0.317 e. The first-order valence-electron chi connectivity index (χ1n) is 12.4. The van der Waals surface area contributed by atoms with E-state index in [1.54, 1.807) is 24.3 Å².